The second-order valence-corrected chi connectivity index (χ2v) is 5.59. The van der Waals surface area contributed by atoms with Crippen molar-refractivity contribution in [1.82, 2.24) is 20.2 Å². The van der Waals surface area contributed by atoms with Gasteiger partial charge in [0.2, 0.25) is 0 Å². The Balaban J connectivity index is 2.30. The minimum atomic E-state index is -0.834. The molecule has 1 aromatic heterocycles. The maximum Gasteiger partial charge on any atom is 0.303 e. The molecule has 0 aliphatic heterocycles. The zero-order valence-corrected chi connectivity index (χ0v) is 13.2. The fourth-order valence-corrected chi connectivity index (χ4v) is 2.41. The van der Waals surface area contributed by atoms with E-state index >= 15 is 0 Å². The zero-order valence-electron chi connectivity index (χ0n) is 11.7. The standard InChI is InChI=1S/C13H15BrN4O3/c1-8(5-12(19)20)7-18-13(15-16-17-18)10-6-9(21-2)3-4-11(10)14/h3-4,6,8H,5,7H2,1-2H3,(H,19,20). The highest BCUT2D eigenvalue weighted by atomic mass is 79.9. The van der Waals surface area contributed by atoms with Crippen molar-refractivity contribution in [1.29, 1.82) is 0 Å². The van der Waals surface area contributed by atoms with Crippen molar-refractivity contribution < 1.29 is 14.6 Å². The van der Waals surface area contributed by atoms with Crippen LogP contribution in [0.3, 0.4) is 0 Å². The second kappa shape index (κ2) is 6.66. The molecule has 1 heterocycles. The van der Waals surface area contributed by atoms with Crippen molar-refractivity contribution in [3.8, 4) is 17.1 Å². The SMILES string of the molecule is COc1ccc(Br)c(-c2nnnn2CC(C)CC(=O)O)c1. The molecule has 21 heavy (non-hydrogen) atoms. The van der Waals surface area contributed by atoms with Gasteiger partial charge in [0.25, 0.3) is 0 Å². The van der Waals surface area contributed by atoms with Gasteiger partial charge in [-0.25, -0.2) is 4.68 Å². The van der Waals surface area contributed by atoms with Gasteiger partial charge >= 0.3 is 5.97 Å². The Morgan fingerprint density at radius 3 is 2.95 bits per heavy atom. The average Bonchev–Trinajstić information content (AvgIpc) is 2.86. The summed E-state index contributed by atoms with van der Waals surface area (Å²) >= 11 is 3.46. The van der Waals surface area contributed by atoms with Gasteiger partial charge in [-0.2, -0.15) is 0 Å². The lowest BCUT2D eigenvalue weighted by Crippen LogP contribution is -2.14. The van der Waals surface area contributed by atoms with E-state index in [1.54, 1.807) is 11.8 Å². The summed E-state index contributed by atoms with van der Waals surface area (Å²) in [5.74, 6) is 0.355. The van der Waals surface area contributed by atoms with Crippen molar-refractivity contribution in [3.63, 3.8) is 0 Å². The summed E-state index contributed by atoms with van der Waals surface area (Å²) in [4.78, 5) is 10.7. The summed E-state index contributed by atoms with van der Waals surface area (Å²) in [7, 11) is 1.59. The van der Waals surface area contributed by atoms with E-state index in [0.29, 0.717) is 18.1 Å². The van der Waals surface area contributed by atoms with Gasteiger partial charge in [0.05, 0.1) is 7.11 Å². The molecular weight excluding hydrogens is 340 g/mol. The maximum absolute atomic E-state index is 10.7. The Morgan fingerprint density at radius 2 is 2.29 bits per heavy atom. The molecule has 8 heteroatoms. The summed E-state index contributed by atoms with van der Waals surface area (Å²) in [6.07, 6.45) is 0.0680. The van der Waals surface area contributed by atoms with Crippen LogP contribution in [0.5, 0.6) is 5.75 Å². The molecule has 0 fully saturated rings. The first-order valence-electron chi connectivity index (χ1n) is 6.33. The number of nitrogens with zero attached hydrogens (tertiary/aromatic N) is 4. The molecule has 7 nitrogen and oxygen atoms in total. The minimum Gasteiger partial charge on any atom is -0.497 e. The molecule has 112 valence electrons. The summed E-state index contributed by atoms with van der Waals surface area (Å²) in [6, 6.07) is 5.51. The minimum absolute atomic E-state index is 0.0680. The van der Waals surface area contributed by atoms with Crippen molar-refractivity contribution in [2.75, 3.05) is 7.11 Å². The van der Waals surface area contributed by atoms with Crippen molar-refractivity contribution in [2.24, 2.45) is 5.92 Å². The molecule has 0 aliphatic rings. The number of hydrogen-bond acceptors (Lipinski definition) is 5. The lowest BCUT2D eigenvalue weighted by Gasteiger charge is -2.11. The molecule has 0 aliphatic carbocycles. The predicted octanol–water partition coefficient (Wildman–Crippen LogP) is 2.22. The molecule has 0 bridgehead atoms. The highest BCUT2D eigenvalue weighted by Gasteiger charge is 2.16. The van der Waals surface area contributed by atoms with Gasteiger partial charge in [-0.3, -0.25) is 4.79 Å². The number of halogens is 1. The van der Waals surface area contributed by atoms with Crippen LogP contribution in [0.25, 0.3) is 11.4 Å². The van der Waals surface area contributed by atoms with Gasteiger partial charge in [0, 0.05) is 23.0 Å². The monoisotopic (exact) mass is 354 g/mol. The van der Waals surface area contributed by atoms with E-state index in [1.807, 2.05) is 25.1 Å². The molecular formula is C13H15BrN4O3. The molecule has 0 saturated heterocycles. The van der Waals surface area contributed by atoms with Gasteiger partial charge in [0.15, 0.2) is 5.82 Å². The van der Waals surface area contributed by atoms with Crippen LogP contribution < -0.4 is 4.74 Å². The first kappa shape index (κ1) is 15.4. The van der Waals surface area contributed by atoms with Gasteiger partial charge in [-0.1, -0.05) is 22.9 Å². The van der Waals surface area contributed by atoms with E-state index in [2.05, 4.69) is 31.5 Å². The van der Waals surface area contributed by atoms with Crippen LogP contribution in [0, 0.1) is 5.92 Å². The Hall–Kier alpha value is -1.96. The van der Waals surface area contributed by atoms with Crippen LogP contribution in [0.1, 0.15) is 13.3 Å². The molecule has 1 aromatic carbocycles. The third-order valence-electron chi connectivity index (χ3n) is 2.95. The van der Waals surface area contributed by atoms with Crippen LogP contribution in [0.15, 0.2) is 22.7 Å². The Labute approximate surface area is 130 Å². The predicted molar refractivity (Wildman–Crippen MR) is 78.9 cm³/mol. The number of carbonyl (C=O) groups is 1. The van der Waals surface area contributed by atoms with Crippen LogP contribution >= 0.6 is 15.9 Å². The fraction of sp³-hybridized carbons (Fsp3) is 0.385. The zero-order chi connectivity index (χ0) is 15.4. The van der Waals surface area contributed by atoms with E-state index in [4.69, 9.17) is 9.84 Å². The van der Waals surface area contributed by atoms with Crippen LogP contribution in [-0.4, -0.2) is 38.4 Å². The van der Waals surface area contributed by atoms with E-state index in [-0.39, 0.29) is 12.3 Å². The summed E-state index contributed by atoms with van der Waals surface area (Å²) in [5.41, 5.74) is 0.793. The highest BCUT2D eigenvalue weighted by Crippen LogP contribution is 2.30. The van der Waals surface area contributed by atoms with E-state index < -0.39 is 5.97 Å². The Bertz CT molecular complexity index is 644. The molecule has 1 N–H and O–H groups in total. The number of methoxy groups -OCH3 is 1. The second-order valence-electron chi connectivity index (χ2n) is 4.73. The van der Waals surface area contributed by atoms with E-state index in [1.165, 1.54) is 0 Å². The molecule has 2 rings (SSSR count). The summed E-state index contributed by atoms with van der Waals surface area (Å²) in [5, 5.41) is 20.5. The van der Waals surface area contributed by atoms with Crippen molar-refractivity contribution in [2.45, 2.75) is 19.9 Å². The highest BCUT2D eigenvalue weighted by molar-refractivity contribution is 9.10. The number of carboxylic acid groups (broad SMARTS) is 1. The Kier molecular flexibility index (Phi) is 4.89. The topological polar surface area (TPSA) is 90.1 Å². The van der Waals surface area contributed by atoms with Gasteiger partial charge in [0.1, 0.15) is 5.75 Å². The number of benzene rings is 1. The molecule has 0 amide bonds. The Morgan fingerprint density at radius 1 is 1.52 bits per heavy atom. The summed E-state index contributed by atoms with van der Waals surface area (Å²) in [6.45, 7) is 2.28. The van der Waals surface area contributed by atoms with Gasteiger partial charge < -0.3 is 9.84 Å². The number of carboxylic acids is 1. The normalized spacial score (nSPS) is 12.1. The first-order chi connectivity index (χ1) is 10.0. The van der Waals surface area contributed by atoms with Crippen LogP contribution in [0.2, 0.25) is 0 Å². The third-order valence-corrected chi connectivity index (χ3v) is 3.65. The smallest absolute Gasteiger partial charge is 0.303 e. The lowest BCUT2D eigenvalue weighted by atomic mass is 10.1. The van der Waals surface area contributed by atoms with Crippen molar-refractivity contribution >= 4 is 21.9 Å². The van der Waals surface area contributed by atoms with Gasteiger partial charge in [-0.05, 0) is 34.5 Å². The quantitative estimate of drug-likeness (QED) is 0.855. The molecule has 0 radical (unpaired) electrons. The average molecular weight is 355 g/mol. The van der Waals surface area contributed by atoms with Gasteiger partial charge in [-0.15, -0.1) is 5.10 Å². The lowest BCUT2D eigenvalue weighted by molar-refractivity contribution is -0.138. The largest absolute Gasteiger partial charge is 0.497 e. The summed E-state index contributed by atoms with van der Waals surface area (Å²) < 4.78 is 7.65. The number of aliphatic carboxylic acids is 1. The number of rotatable bonds is 6. The number of hydrogen-bond donors (Lipinski definition) is 1. The first-order valence-corrected chi connectivity index (χ1v) is 7.12. The van der Waals surface area contributed by atoms with Crippen molar-refractivity contribution in [3.05, 3.63) is 22.7 Å². The van der Waals surface area contributed by atoms with Crippen LogP contribution in [-0.2, 0) is 11.3 Å². The molecule has 0 spiro atoms. The molecule has 2 aromatic rings. The molecule has 0 saturated carbocycles. The van der Waals surface area contributed by atoms with E-state index in [0.717, 1.165) is 10.0 Å². The molecule has 1 atom stereocenters. The number of tetrazole rings is 1. The number of aromatic nitrogens is 4. The molecule has 1 unspecified atom stereocenters. The van der Waals surface area contributed by atoms with Crippen LogP contribution in [0.4, 0.5) is 0 Å². The number of ether oxygens (including phenoxy) is 1. The fourth-order valence-electron chi connectivity index (χ4n) is 1.98. The van der Waals surface area contributed by atoms with E-state index in [9.17, 15) is 4.79 Å². The maximum atomic E-state index is 10.7. The third kappa shape index (κ3) is 3.78.